The van der Waals surface area contributed by atoms with Gasteiger partial charge in [0.2, 0.25) is 5.91 Å². The number of rotatable bonds is 4. The number of hydrogen-bond acceptors (Lipinski definition) is 3. The van der Waals surface area contributed by atoms with Gasteiger partial charge in [-0.25, -0.2) is 4.90 Å². The largest absolute Gasteiger partial charge is 0.301 e. The van der Waals surface area contributed by atoms with Gasteiger partial charge in [0.25, 0.3) is 5.91 Å². The van der Waals surface area contributed by atoms with Crippen LogP contribution in [-0.2, 0) is 16.1 Å². The summed E-state index contributed by atoms with van der Waals surface area (Å²) in [5.74, 6) is -0.386. The molecule has 0 aliphatic carbocycles. The number of anilines is 1. The molecule has 1 atom stereocenters. The van der Waals surface area contributed by atoms with Gasteiger partial charge in [0, 0.05) is 11.6 Å². The summed E-state index contributed by atoms with van der Waals surface area (Å²) in [6, 6.07) is 14.3. The summed E-state index contributed by atoms with van der Waals surface area (Å²) < 4.78 is 0. The Hall–Kier alpha value is -2.17. The van der Waals surface area contributed by atoms with Crippen LogP contribution in [0.3, 0.4) is 0 Å². The Morgan fingerprint density at radius 3 is 2.61 bits per heavy atom. The van der Waals surface area contributed by atoms with Crippen LogP contribution in [-0.4, -0.2) is 17.9 Å². The Morgan fingerprint density at radius 2 is 1.91 bits per heavy atom. The van der Waals surface area contributed by atoms with Gasteiger partial charge in [-0.15, -0.1) is 0 Å². The van der Waals surface area contributed by atoms with E-state index in [0.717, 1.165) is 11.1 Å². The van der Waals surface area contributed by atoms with Gasteiger partial charge >= 0.3 is 0 Å². The fraction of sp³-hybridized carbons (Fsp3) is 0.222. The number of amides is 2. The lowest BCUT2D eigenvalue weighted by Crippen LogP contribution is -2.38. The number of halogens is 1. The van der Waals surface area contributed by atoms with Gasteiger partial charge in [0.15, 0.2) is 0 Å². The van der Waals surface area contributed by atoms with E-state index in [1.54, 1.807) is 18.2 Å². The molecule has 0 radical (unpaired) electrons. The van der Waals surface area contributed by atoms with Gasteiger partial charge in [0.1, 0.15) is 0 Å². The maximum atomic E-state index is 12.5. The maximum Gasteiger partial charge on any atom is 0.251 e. The molecule has 5 heteroatoms. The summed E-state index contributed by atoms with van der Waals surface area (Å²) in [4.78, 5) is 26.0. The van der Waals surface area contributed by atoms with Crippen LogP contribution in [0.1, 0.15) is 17.5 Å². The van der Waals surface area contributed by atoms with E-state index in [9.17, 15) is 9.59 Å². The number of nitrogens with zero attached hydrogens (tertiary/aromatic N) is 1. The minimum atomic E-state index is -0.497. The molecule has 0 bridgehead atoms. The lowest BCUT2D eigenvalue weighted by Gasteiger charge is -2.16. The van der Waals surface area contributed by atoms with Crippen molar-refractivity contribution in [3.8, 4) is 0 Å². The Kier molecular flexibility index (Phi) is 4.46. The molecular formula is C18H17ClN2O2. The van der Waals surface area contributed by atoms with Gasteiger partial charge in [-0.2, -0.15) is 0 Å². The first-order valence-electron chi connectivity index (χ1n) is 7.46. The second kappa shape index (κ2) is 6.52. The minimum Gasteiger partial charge on any atom is -0.301 e. The molecule has 1 aliphatic heterocycles. The third-order valence-electron chi connectivity index (χ3n) is 3.88. The van der Waals surface area contributed by atoms with Crippen molar-refractivity contribution in [1.82, 2.24) is 5.32 Å². The van der Waals surface area contributed by atoms with Crippen molar-refractivity contribution in [3.63, 3.8) is 0 Å². The number of carbonyl (C=O) groups is 2. The first-order chi connectivity index (χ1) is 11.0. The molecule has 2 aromatic carbocycles. The van der Waals surface area contributed by atoms with Crippen molar-refractivity contribution in [1.29, 1.82) is 0 Å². The van der Waals surface area contributed by atoms with Crippen molar-refractivity contribution < 1.29 is 9.59 Å². The highest BCUT2D eigenvalue weighted by Gasteiger charge is 2.39. The summed E-state index contributed by atoms with van der Waals surface area (Å²) in [6.07, 6.45) is 0.174. The lowest BCUT2D eigenvalue weighted by atomic mass is 10.2. The second-order valence-electron chi connectivity index (χ2n) is 5.67. The Balaban J connectivity index is 1.70. The van der Waals surface area contributed by atoms with Gasteiger partial charge in [-0.3, -0.25) is 9.59 Å². The van der Waals surface area contributed by atoms with Crippen molar-refractivity contribution in [2.24, 2.45) is 0 Å². The fourth-order valence-electron chi connectivity index (χ4n) is 2.64. The Morgan fingerprint density at radius 1 is 1.17 bits per heavy atom. The number of aryl methyl sites for hydroxylation is 1. The van der Waals surface area contributed by atoms with E-state index in [1.807, 2.05) is 37.3 Å². The normalized spacial score (nSPS) is 17.8. The average molecular weight is 329 g/mol. The van der Waals surface area contributed by atoms with E-state index in [1.165, 1.54) is 4.90 Å². The molecule has 0 saturated carbocycles. The summed E-state index contributed by atoms with van der Waals surface area (Å²) in [5.41, 5.74) is 2.69. The minimum absolute atomic E-state index is 0.174. The number of carbonyl (C=O) groups excluding carboxylic acids is 2. The molecule has 2 amide bonds. The molecule has 0 unspecified atom stereocenters. The average Bonchev–Trinajstić information content (AvgIpc) is 2.81. The number of hydrogen-bond donors (Lipinski definition) is 1. The van der Waals surface area contributed by atoms with E-state index < -0.39 is 6.04 Å². The monoisotopic (exact) mass is 328 g/mol. The van der Waals surface area contributed by atoms with Crippen LogP contribution in [0.15, 0.2) is 48.5 Å². The van der Waals surface area contributed by atoms with Crippen molar-refractivity contribution >= 4 is 29.1 Å². The molecule has 2 aromatic rings. The quantitative estimate of drug-likeness (QED) is 0.877. The molecule has 1 aliphatic rings. The van der Waals surface area contributed by atoms with Crippen LogP contribution in [0, 0.1) is 6.92 Å². The smallest absolute Gasteiger partial charge is 0.251 e. The number of benzene rings is 2. The molecule has 4 nitrogen and oxygen atoms in total. The van der Waals surface area contributed by atoms with Gasteiger partial charge < -0.3 is 5.32 Å². The third-order valence-corrected chi connectivity index (χ3v) is 4.12. The number of nitrogens with one attached hydrogen (secondary N) is 1. The third kappa shape index (κ3) is 3.44. The fourth-order valence-corrected chi connectivity index (χ4v) is 2.86. The van der Waals surface area contributed by atoms with E-state index in [-0.39, 0.29) is 18.2 Å². The first-order valence-corrected chi connectivity index (χ1v) is 7.84. The Labute approximate surface area is 140 Å². The summed E-state index contributed by atoms with van der Waals surface area (Å²) in [7, 11) is 0. The highest BCUT2D eigenvalue weighted by Crippen LogP contribution is 2.23. The zero-order valence-corrected chi connectivity index (χ0v) is 13.5. The highest BCUT2D eigenvalue weighted by atomic mass is 35.5. The molecule has 1 saturated heterocycles. The summed E-state index contributed by atoms with van der Waals surface area (Å²) >= 11 is 5.95. The molecule has 1 N–H and O–H groups in total. The molecule has 0 spiro atoms. The standard InChI is InChI=1S/C18H17ClN2O2/c1-12-5-7-15(8-6-12)21-17(22)10-16(18(21)23)20-11-13-3-2-4-14(19)9-13/h2-9,16,20H,10-11H2,1H3/t16-/m0/s1. The van der Waals surface area contributed by atoms with E-state index in [0.29, 0.717) is 17.3 Å². The van der Waals surface area contributed by atoms with Gasteiger partial charge in [0.05, 0.1) is 18.2 Å². The van der Waals surface area contributed by atoms with E-state index in [2.05, 4.69) is 5.32 Å². The van der Waals surface area contributed by atoms with Crippen molar-refractivity contribution in [2.45, 2.75) is 25.9 Å². The van der Waals surface area contributed by atoms with Crippen LogP contribution in [0.25, 0.3) is 0 Å². The van der Waals surface area contributed by atoms with E-state index >= 15 is 0 Å². The van der Waals surface area contributed by atoms with Crippen LogP contribution < -0.4 is 10.2 Å². The summed E-state index contributed by atoms with van der Waals surface area (Å²) in [5, 5.41) is 3.80. The highest BCUT2D eigenvalue weighted by molar-refractivity contribution is 6.30. The summed E-state index contributed by atoms with van der Waals surface area (Å²) in [6.45, 7) is 2.46. The zero-order valence-electron chi connectivity index (χ0n) is 12.8. The zero-order chi connectivity index (χ0) is 16.4. The van der Waals surface area contributed by atoms with Crippen LogP contribution in [0.5, 0.6) is 0 Å². The second-order valence-corrected chi connectivity index (χ2v) is 6.11. The van der Waals surface area contributed by atoms with Crippen LogP contribution in [0.2, 0.25) is 5.02 Å². The Bertz CT molecular complexity index is 743. The predicted molar refractivity (Wildman–Crippen MR) is 90.4 cm³/mol. The maximum absolute atomic E-state index is 12.5. The van der Waals surface area contributed by atoms with Gasteiger partial charge in [-0.1, -0.05) is 41.4 Å². The van der Waals surface area contributed by atoms with Crippen LogP contribution >= 0.6 is 11.6 Å². The molecule has 3 rings (SSSR count). The van der Waals surface area contributed by atoms with Gasteiger partial charge in [-0.05, 0) is 36.8 Å². The van der Waals surface area contributed by atoms with Crippen molar-refractivity contribution in [3.05, 3.63) is 64.7 Å². The van der Waals surface area contributed by atoms with Crippen LogP contribution in [0.4, 0.5) is 5.69 Å². The molecule has 1 fully saturated rings. The topological polar surface area (TPSA) is 49.4 Å². The molecule has 23 heavy (non-hydrogen) atoms. The van der Waals surface area contributed by atoms with Crippen molar-refractivity contribution in [2.75, 3.05) is 4.90 Å². The lowest BCUT2D eigenvalue weighted by molar-refractivity contribution is -0.121. The molecule has 0 aromatic heterocycles. The molecular weight excluding hydrogens is 312 g/mol. The molecule has 1 heterocycles. The number of imide groups is 1. The first kappa shape index (κ1) is 15.7. The predicted octanol–water partition coefficient (Wildman–Crippen LogP) is 3.07. The SMILES string of the molecule is Cc1ccc(N2C(=O)C[C@H](NCc3cccc(Cl)c3)C2=O)cc1. The van der Waals surface area contributed by atoms with E-state index in [4.69, 9.17) is 11.6 Å². The molecule has 118 valence electrons.